The standard InChI is InChI=1S/C15H16Cl2N4O3/c1-15(2,9-3-4-10(16)11(17)5-9)8-18-13(22)7-21-6-12(14(23)24)19-20-21/h3-6H,7-8H2,1-2H3,(H,18,22)(H,23,24). The van der Waals surface area contributed by atoms with E-state index in [2.05, 4.69) is 15.6 Å². The third kappa shape index (κ3) is 4.46. The molecule has 0 atom stereocenters. The molecular formula is C15H16Cl2N4O3. The van der Waals surface area contributed by atoms with E-state index < -0.39 is 5.97 Å². The molecule has 0 fully saturated rings. The van der Waals surface area contributed by atoms with Crippen LogP contribution >= 0.6 is 23.2 Å². The Morgan fingerprint density at radius 2 is 2.00 bits per heavy atom. The number of aromatic carboxylic acids is 1. The van der Waals surface area contributed by atoms with E-state index in [1.165, 1.54) is 10.9 Å². The summed E-state index contributed by atoms with van der Waals surface area (Å²) in [5, 5.41) is 19.5. The van der Waals surface area contributed by atoms with Crippen molar-refractivity contribution in [2.75, 3.05) is 6.54 Å². The van der Waals surface area contributed by atoms with Crippen molar-refractivity contribution >= 4 is 35.1 Å². The van der Waals surface area contributed by atoms with Crippen LogP contribution in [0.25, 0.3) is 0 Å². The van der Waals surface area contributed by atoms with Gasteiger partial charge in [0.2, 0.25) is 5.91 Å². The fraction of sp³-hybridized carbons (Fsp3) is 0.333. The van der Waals surface area contributed by atoms with Gasteiger partial charge in [-0.1, -0.05) is 48.3 Å². The predicted molar refractivity (Wildman–Crippen MR) is 89.5 cm³/mol. The minimum atomic E-state index is -1.19. The highest BCUT2D eigenvalue weighted by Gasteiger charge is 2.22. The normalized spacial score (nSPS) is 11.3. The Labute approximate surface area is 148 Å². The Morgan fingerprint density at radius 1 is 1.29 bits per heavy atom. The third-order valence-electron chi connectivity index (χ3n) is 3.49. The Kier molecular flexibility index (Phi) is 5.46. The van der Waals surface area contributed by atoms with Crippen molar-refractivity contribution in [3.63, 3.8) is 0 Å². The zero-order chi connectivity index (χ0) is 17.9. The Balaban J connectivity index is 1.96. The maximum absolute atomic E-state index is 12.0. The number of hydrogen-bond donors (Lipinski definition) is 2. The van der Waals surface area contributed by atoms with Gasteiger partial charge in [0, 0.05) is 12.0 Å². The molecule has 1 aromatic heterocycles. The van der Waals surface area contributed by atoms with Gasteiger partial charge in [-0.05, 0) is 17.7 Å². The van der Waals surface area contributed by atoms with E-state index in [1.54, 1.807) is 12.1 Å². The number of halogens is 2. The molecule has 1 aromatic carbocycles. The first-order valence-corrected chi connectivity index (χ1v) is 7.80. The number of carboxylic acids is 1. The molecule has 0 bridgehead atoms. The second-order valence-electron chi connectivity index (χ2n) is 5.90. The van der Waals surface area contributed by atoms with Crippen LogP contribution in [0.5, 0.6) is 0 Å². The number of nitrogens with one attached hydrogen (secondary N) is 1. The van der Waals surface area contributed by atoms with Crippen LogP contribution in [0, 0.1) is 0 Å². The van der Waals surface area contributed by atoms with E-state index in [0.717, 1.165) is 5.56 Å². The van der Waals surface area contributed by atoms with Gasteiger partial charge in [0.25, 0.3) is 0 Å². The highest BCUT2D eigenvalue weighted by molar-refractivity contribution is 6.42. The minimum absolute atomic E-state index is 0.113. The van der Waals surface area contributed by atoms with E-state index in [-0.39, 0.29) is 23.6 Å². The lowest BCUT2D eigenvalue weighted by molar-refractivity contribution is -0.122. The van der Waals surface area contributed by atoms with Crippen LogP contribution in [0.1, 0.15) is 29.9 Å². The Hall–Kier alpha value is -2.12. The maximum atomic E-state index is 12.0. The topological polar surface area (TPSA) is 97.1 Å². The van der Waals surface area contributed by atoms with Gasteiger partial charge in [-0.2, -0.15) is 0 Å². The number of hydrogen-bond acceptors (Lipinski definition) is 4. The molecule has 128 valence electrons. The molecule has 0 aliphatic carbocycles. The average molecular weight is 371 g/mol. The summed E-state index contributed by atoms with van der Waals surface area (Å²) in [5.41, 5.74) is 0.364. The molecule has 0 radical (unpaired) electrons. The zero-order valence-corrected chi connectivity index (χ0v) is 14.6. The summed E-state index contributed by atoms with van der Waals surface area (Å²) < 4.78 is 1.17. The first-order chi connectivity index (χ1) is 11.2. The first-order valence-electron chi connectivity index (χ1n) is 7.05. The SMILES string of the molecule is CC(C)(CNC(=O)Cn1cc(C(=O)O)nn1)c1ccc(Cl)c(Cl)c1. The number of carbonyl (C=O) groups excluding carboxylic acids is 1. The number of benzene rings is 1. The van der Waals surface area contributed by atoms with Crippen molar-refractivity contribution < 1.29 is 14.7 Å². The fourth-order valence-electron chi connectivity index (χ4n) is 2.02. The lowest BCUT2D eigenvalue weighted by Crippen LogP contribution is -2.38. The predicted octanol–water partition coefficient (Wildman–Crippen LogP) is 2.38. The van der Waals surface area contributed by atoms with Gasteiger partial charge in [0.15, 0.2) is 5.69 Å². The minimum Gasteiger partial charge on any atom is -0.476 e. The van der Waals surface area contributed by atoms with Crippen molar-refractivity contribution in [1.82, 2.24) is 20.3 Å². The largest absolute Gasteiger partial charge is 0.476 e. The van der Waals surface area contributed by atoms with Crippen LogP contribution in [-0.4, -0.2) is 38.5 Å². The number of rotatable bonds is 6. The summed E-state index contributed by atoms with van der Waals surface area (Å²) in [7, 11) is 0. The second kappa shape index (κ2) is 7.19. The lowest BCUT2D eigenvalue weighted by Gasteiger charge is -2.26. The monoisotopic (exact) mass is 370 g/mol. The summed E-state index contributed by atoms with van der Waals surface area (Å²) >= 11 is 11.9. The number of carbonyl (C=O) groups is 2. The van der Waals surface area contributed by atoms with Crippen molar-refractivity contribution in [3.05, 3.63) is 45.7 Å². The molecule has 2 aromatic rings. The van der Waals surface area contributed by atoms with Crippen LogP contribution in [-0.2, 0) is 16.8 Å². The van der Waals surface area contributed by atoms with Crippen molar-refractivity contribution in [2.24, 2.45) is 0 Å². The van der Waals surface area contributed by atoms with Crippen molar-refractivity contribution in [1.29, 1.82) is 0 Å². The number of carboxylic acid groups (broad SMARTS) is 1. The Morgan fingerprint density at radius 3 is 2.58 bits per heavy atom. The van der Waals surface area contributed by atoms with Crippen LogP contribution in [0.4, 0.5) is 0 Å². The average Bonchev–Trinajstić information content (AvgIpc) is 2.97. The molecule has 7 nitrogen and oxygen atoms in total. The molecular weight excluding hydrogens is 355 g/mol. The van der Waals surface area contributed by atoms with Crippen molar-refractivity contribution in [2.45, 2.75) is 25.8 Å². The molecule has 0 aliphatic heterocycles. The summed E-state index contributed by atoms with van der Waals surface area (Å²) in [5.74, 6) is -1.49. The van der Waals surface area contributed by atoms with E-state index >= 15 is 0 Å². The quantitative estimate of drug-likeness (QED) is 0.813. The van der Waals surface area contributed by atoms with Gasteiger partial charge in [0.1, 0.15) is 6.54 Å². The number of nitrogens with zero attached hydrogens (tertiary/aromatic N) is 3. The van der Waals surface area contributed by atoms with Crippen LogP contribution in [0.15, 0.2) is 24.4 Å². The number of amides is 1. The third-order valence-corrected chi connectivity index (χ3v) is 4.23. The summed E-state index contributed by atoms with van der Waals surface area (Å²) in [4.78, 5) is 22.7. The smallest absolute Gasteiger partial charge is 0.358 e. The van der Waals surface area contributed by atoms with Gasteiger partial charge in [-0.3, -0.25) is 4.79 Å². The van der Waals surface area contributed by atoms with E-state index in [1.807, 2.05) is 19.9 Å². The molecule has 0 spiro atoms. The molecule has 0 unspecified atom stereocenters. The maximum Gasteiger partial charge on any atom is 0.358 e. The molecule has 1 amide bonds. The van der Waals surface area contributed by atoms with Crippen LogP contribution in [0.3, 0.4) is 0 Å². The van der Waals surface area contributed by atoms with Crippen LogP contribution in [0.2, 0.25) is 10.0 Å². The van der Waals surface area contributed by atoms with Gasteiger partial charge in [-0.25, -0.2) is 9.48 Å². The van der Waals surface area contributed by atoms with Crippen LogP contribution < -0.4 is 5.32 Å². The fourth-order valence-corrected chi connectivity index (χ4v) is 2.31. The highest BCUT2D eigenvalue weighted by atomic mass is 35.5. The van der Waals surface area contributed by atoms with E-state index in [0.29, 0.717) is 16.6 Å². The molecule has 2 N–H and O–H groups in total. The number of aromatic nitrogens is 3. The molecule has 9 heteroatoms. The summed E-state index contributed by atoms with van der Waals surface area (Å²) in [6.07, 6.45) is 1.20. The summed E-state index contributed by atoms with van der Waals surface area (Å²) in [6, 6.07) is 5.34. The second-order valence-corrected chi connectivity index (χ2v) is 6.71. The van der Waals surface area contributed by atoms with E-state index in [4.69, 9.17) is 28.3 Å². The molecule has 2 rings (SSSR count). The molecule has 0 saturated heterocycles. The Bertz CT molecular complexity index is 774. The molecule has 1 heterocycles. The van der Waals surface area contributed by atoms with Gasteiger partial charge < -0.3 is 10.4 Å². The highest BCUT2D eigenvalue weighted by Crippen LogP contribution is 2.29. The summed E-state index contributed by atoms with van der Waals surface area (Å²) in [6.45, 7) is 4.18. The lowest BCUT2D eigenvalue weighted by atomic mass is 9.84. The van der Waals surface area contributed by atoms with E-state index in [9.17, 15) is 9.59 Å². The van der Waals surface area contributed by atoms with Gasteiger partial charge in [-0.15, -0.1) is 5.10 Å². The molecule has 0 aliphatic rings. The molecule has 0 saturated carbocycles. The zero-order valence-electron chi connectivity index (χ0n) is 13.1. The first kappa shape index (κ1) is 18.2. The van der Waals surface area contributed by atoms with Gasteiger partial charge >= 0.3 is 5.97 Å². The van der Waals surface area contributed by atoms with Gasteiger partial charge in [0.05, 0.1) is 16.2 Å². The molecule has 24 heavy (non-hydrogen) atoms. The van der Waals surface area contributed by atoms with Crippen molar-refractivity contribution in [3.8, 4) is 0 Å².